The maximum atomic E-state index is 4.45. The summed E-state index contributed by atoms with van der Waals surface area (Å²) in [4.78, 5) is 1.03. The van der Waals surface area contributed by atoms with Crippen molar-refractivity contribution in [2.24, 2.45) is 0 Å². The Hall–Kier alpha value is -1.15. The van der Waals surface area contributed by atoms with Gasteiger partial charge in [0.25, 0.3) is 0 Å². The molecule has 0 amide bonds. The van der Waals surface area contributed by atoms with Gasteiger partial charge in [-0.05, 0) is 31.1 Å². The lowest BCUT2D eigenvalue weighted by Gasteiger charge is -2.11. The lowest BCUT2D eigenvalue weighted by atomic mass is 10.0. The zero-order valence-electron chi connectivity index (χ0n) is 9.96. The fourth-order valence-electron chi connectivity index (χ4n) is 1.60. The predicted molar refractivity (Wildman–Crippen MR) is 74.0 cm³/mol. The molecule has 0 aliphatic rings. The minimum absolute atomic E-state index is 0.877. The molecule has 0 heterocycles. The number of rotatable bonds is 5. The molecule has 16 heavy (non-hydrogen) atoms. The van der Waals surface area contributed by atoms with E-state index in [1.54, 1.807) is 0 Å². The van der Waals surface area contributed by atoms with Crippen molar-refractivity contribution in [3.8, 4) is 0 Å². The Balaban J connectivity index is 2.90. The van der Waals surface area contributed by atoms with Crippen molar-refractivity contribution in [3.05, 3.63) is 53.8 Å². The molecule has 0 aliphatic heterocycles. The topological polar surface area (TPSA) is 12.0 Å². The lowest BCUT2D eigenvalue weighted by Crippen LogP contribution is -2.12. The molecule has 0 aliphatic carbocycles. The quantitative estimate of drug-likeness (QED) is 0.585. The molecule has 0 saturated heterocycles. The molecule has 0 fully saturated rings. The van der Waals surface area contributed by atoms with Crippen LogP contribution in [0.15, 0.2) is 53.1 Å². The second kappa shape index (κ2) is 6.44. The van der Waals surface area contributed by atoms with Gasteiger partial charge in [0.1, 0.15) is 0 Å². The van der Waals surface area contributed by atoms with Crippen LogP contribution in [-0.2, 0) is 6.42 Å². The molecule has 86 valence electrons. The summed E-state index contributed by atoms with van der Waals surface area (Å²) in [5.74, 6) is 0. The summed E-state index contributed by atoms with van der Waals surface area (Å²) in [5.41, 5.74) is 3.65. The second-order valence-corrected chi connectivity index (χ2v) is 4.17. The first-order valence-electron chi connectivity index (χ1n) is 5.52. The van der Waals surface area contributed by atoms with E-state index in [-0.39, 0.29) is 0 Å². The van der Waals surface area contributed by atoms with Crippen molar-refractivity contribution in [2.45, 2.75) is 25.2 Å². The number of hydrogen-bond donors (Lipinski definition) is 2. The highest BCUT2D eigenvalue weighted by atomic mass is 32.1. The third-order valence-electron chi connectivity index (χ3n) is 2.54. The van der Waals surface area contributed by atoms with Crippen LogP contribution in [0.4, 0.5) is 0 Å². The first kappa shape index (κ1) is 12.9. The molecule has 0 saturated carbocycles. The average molecular weight is 233 g/mol. The minimum Gasteiger partial charge on any atom is -0.389 e. The Morgan fingerprint density at radius 1 is 1.44 bits per heavy atom. The first-order valence-corrected chi connectivity index (χ1v) is 5.96. The fourth-order valence-corrected chi connectivity index (χ4v) is 1.84. The lowest BCUT2D eigenvalue weighted by molar-refractivity contribution is 0.835. The predicted octanol–water partition coefficient (Wildman–Crippen LogP) is 3.59. The van der Waals surface area contributed by atoms with Gasteiger partial charge in [0.05, 0.1) is 0 Å². The summed E-state index contributed by atoms with van der Waals surface area (Å²) in [6, 6.07) is 8.16. The van der Waals surface area contributed by atoms with Gasteiger partial charge in [0.15, 0.2) is 0 Å². The summed E-state index contributed by atoms with van der Waals surface area (Å²) in [6.45, 7) is 8.98. The van der Waals surface area contributed by atoms with Crippen molar-refractivity contribution in [1.29, 1.82) is 0 Å². The van der Waals surface area contributed by atoms with Gasteiger partial charge in [0, 0.05) is 23.6 Å². The van der Waals surface area contributed by atoms with Gasteiger partial charge >= 0.3 is 0 Å². The third kappa shape index (κ3) is 3.46. The van der Waals surface area contributed by atoms with E-state index in [2.05, 4.69) is 44.4 Å². The van der Waals surface area contributed by atoms with Crippen LogP contribution in [0.3, 0.4) is 0 Å². The van der Waals surface area contributed by atoms with Crippen LogP contribution in [0.1, 0.15) is 19.4 Å². The van der Waals surface area contributed by atoms with E-state index in [4.69, 9.17) is 0 Å². The van der Waals surface area contributed by atoms with Crippen molar-refractivity contribution in [3.63, 3.8) is 0 Å². The van der Waals surface area contributed by atoms with Gasteiger partial charge in [0.2, 0.25) is 0 Å². The SMILES string of the molecule is C=C/C(Cc1ccccc1S)=C(/C)NCC. The van der Waals surface area contributed by atoms with Crippen molar-refractivity contribution < 1.29 is 0 Å². The summed E-state index contributed by atoms with van der Waals surface area (Å²) in [5, 5.41) is 3.32. The molecule has 1 aromatic rings. The Labute approximate surface area is 104 Å². The maximum Gasteiger partial charge on any atom is 0.0115 e. The molecule has 0 spiro atoms. The van der Waals surface area contributed by atoms with Crippen LogP contribution in [-0.4, -0.2) is 6.54 Å². The van der Waals surface area contributed by atoms with Gasteiger partial charge in [-0.1, -0.05) is 30.9 Å². The fraction of sp³-hybridized carbons (Fsp3) is 0.286. The second-order valence-electron chi connectivity index (χ2n) is 3.69. The zero-order valence-corrected chi connectivity index (χ0v) is 10.8. The van der Waals surface area contributed by atoms with E-state index in [1.165, 1.54) is 16.8 Å². The molecular weight excluding hydrogens is 214 g/mol. The monoisotopic (exact) mass is 233 g/mol. The summed E-state index contributed by atoms with van der Waals surface area (Å²) >= 11 is 4.45. The minimum atomic E-state index is 0.877. The molecule has 1 aromatic carbocycles. The number of benzene rings is 1. The van der Waals surface area contributed by atoms with E-state index < -0.39 is 0 Å². The highest BCUT2D eigenvalue weighted by Crippen LogP contribution is 2.18. The van der Waals surface area contributed by atoms with Crippen molar-refractivity contribution >= 4 is 12.6 Å². The summed E-state index contributed by atoms with van der Waals surface area (Å²) < 4.78 is 0. The van der Waals surface area contributed by atoms with Crippen LogP contribution >= 0.6 is 12.6 Å². The number of nitrogens with one attached hydrogen (secondary N) is 1. The molecule has 1 nitrogen and oxygen atoms in total. The van der Waals surface area contributed by atoms with E-state index in [0.29, 0.717) is 0 Å². The van der Waals surface area contributed by atoms with E-state index >= 15 is 0 Å². The normalized spacial score (nSPS) is 11.9. The first-order chi connectivity index (χ1) is 7.69. The number of hydrogen-bond acceptors (Lipinski definition) is 2. The van der Waals surface area contributed by atoms with Crippen LogP contribution < -0.4 is 5.32 Å². The number of allylic oxidation sites excluding steroid dienone is 3. The van der Waals surface area contributed by atoms with Crippen LogP contribution in [0.25, 0.3) is 0 Å². The smallest absolute Gasteiger partial charge is 0.0115 e. The van der Waals surface area contributed by atoms with Crippen LogP contribution in [0, 0.1) is 0 Å². The largest absolute Gasteiger partial charge is 0.389 e. The van der Waals surface area contributed by atoms with Crippen LogP contribution in [0.2, 0.25) is 0 Å². The van der Waals surface area contributed by atoms with Gasteiger partial charge in [-0.2, -0.15) is 0 Å². The standard InChI is InChI=1S/C14H19NS/c1-4-12(11(3)15-5-2)10-13-8-6-7-9-14(13)16/h4,6-9,15-16H,1,5,10H2,2-3H3/b12-11+. The molecule has 1 rings (SSSR count). The van der Waals surface area contributed by atoms with Crippen molar-refractivity contribution in [1.82, 2.24) is 5.32 Å². The van der Waals surface area contributed by atoms with E-state index in [0.717, 1.165) is 17.9 Å². The number of thiol groups is 1. The molecule has 0 radical (unpaired) electrons. The summed E-state index contributed by atoms with van der Waals surface area (Å²) in [6.07, 6.45) is 2.79. The Morgan fingerprint density at radius 3 is 2.69 bits per heavy atom. The highest BCUT2D eigenvalue weighted by molar-refractivity contribution is 7.80. The molecule has 0 bridgehead atoms. The molecular formula is C14H19NS. The zero-order chi connectivity index (χ0) is 12.0. The highest BCUT2D eigenvalue weighted by Gasteiger charge is 2.03. The Morgan fingerprint density at radius 2 is 2.12 bits per heavy atom. The summed E-state index contributed by atoms with van der Waals surface area (Å²) in [7, 11) is 0. The molecule has 0 unspecified atom stereocenters. The van der Waals surface area contributed by atoms with Gasteiger partial charge in [-0.15, -0.1) is 12.6 Å². The molecule has 1 N–H and O–H groups in total. The molecule has 0 atom stereocenters. The van der Waals surface area contributed by atoms with E-state index in [9.17, 15) is 0 Å². The van der Waals surface area contributed by atoms with E-state index in [1.807, 2.05) is 24.3 Å². The van der Waals surface area contributed by atoms with Crippen molar-refractivity contribution in [2.75, 3.05) is 6.54 Å². The Bertz CT molecular complexity index is 393. The average Bonchev–Trinajstić information content (AvgIpc) is 2.28. The van der Waals surface area contributed by atoms with Gasteiger partial charge < -0.3 is 5.32 Å². The van der Waals surface area contributed by atoms with Gasteiger partial charge in [-0.25, -0.2) is 0 Å². The third-order valence-corrected chi connectivity index (χ3v) is 2.98. The van der Waals surface area contributed by atoms with Crippen LogP contribution in [0.5, 0.6) is 0 Å². The molecule has 2 heteroatoms. The Kier molecular flexibility index (Phi) is 5.20. The van der Waals surface area contributed by atoms with Gasteiger partial charge in [-0.3, -0.25) is 0 Å². The maximum absolute atomic E-state index is 4.45. The molecule has 0 aromatic heterocycles.